The zero-order chi connectivity index (χ0) is 33.8. The van der Waals surface area contributed by atoms with E-state index in [0.717, 1.165) is 37.7 Å². The molecule has 10 nitrogen and oxygen atoms in total. The van der Waals surface area contributed by atoms with E-state index in [-0.39, 0.29) is 43.3 Å². The van der Waals surface area contributed by atoms with Gasteiger partial charge in [-0.1, -0.05) is 75.1 Å². The van der Waals surface area contributed by atoms with E-state index in [4.69, 9.17) is 9.47 Å². The van der Waals surface area contributed by atoms with E-state index >= 15 is 0 Å². The maximum Gasteiger partial charge on any atom is 0.306 e. The van der Waals surface area contributed by atoms with Gasteiger partial charge in [0.1, 0.15) is 18.2 Å². The molecular formula is C37H53N3O7. The van der Waals surface area contributed by atoms with E-state index in [1.54, 1.807) is 22.0 Å². The smallest absolute Gasteiger partial charge is 0.306 e. The zero-order valence-electron chi connectivity index (χ0n) is 27.9. The van der Waals surface area contributed by atoms with Gasteiger partial charge in [-0.3, -0.25) is 19.2 Å². The topological polar surface area (TPSA) is 125 Å². The lowest BCUT2D eigenvalue weighted by Crippen LogP contribution is -2.56. The highest BCUT2D eigenvalue weighted by molar-refractivity contribution is 5.99. The second-order valence-electron chi connectivity index (χ2n) is 13.0. The molecule has 1 aromatic rings. The summed E-state index contributed by atoms with van der Waals surface area (Å²) in [7, 11) is 0. The van der Waals surface area contributed by atoms with Crippen LogP contribution in [0, 0.1) is 11.8 Å². The van der Waals surface area contributed by atoms with E-state index in [9.17, 15) is 24.3 Å². The predicted molar refractivity (Wildman–Crippen MR) is 179 cm³/mol. The number of allylic oxidation sites excluding steroid dienone is 1. The monoisotopic (exact) mass is 651 g/mol. The van der Waals surface area contributed by atoms with Crippen molar-refractivity contribution in [2.24, 2.45) is 11.8 Å². The molecule has 2 bridgehead atoms. The highest BCUT2D eigenvalue weighted by atomic mass is 16.5. The standard InChI is InChI=1S/C37H53N3O7/c1-4-7-14-23-39(22-6-3)36(45)33-37-21-20-29(47-37)31(32(37)35(44)40(33)24-15-9-10-16-25-41)34(43)38-28(27-17-12-11-13-18-27)26-46-30(42)19-8-5-2/h5-6,11-13,17-18,28-29,31-33,41H,2-4,7-10,14-16,19-26H2,1H3,(H,38,43)/t28-,29-,31+,32+,33-,37+/m1/s1. The first kappa shape index (κ1) is 36.3. The van der Waals surface area contributed by atoms with E-state index < -0.39 is 35.6 Å². The molecule has 2 N–H and O–H groups in total. The number of esters is 1. The van der Waals surface area contributed by atoms with Crippen LogP contribution in [0.15, 0.2) is 55.6 Å². The Kier molecular flexibility index (Phi) is 13.6. The van der Waals surface area contributed by atoms with Gasteiger partial charge >= 0.3 is 5.97 Å². The Balaban J connectivity index is 1.60. The summed E-state index contributed by atoms with van der Waals surface area (Å²) in [4.78, 5) is 58.8. The summed E-state index contributed by atoms with van der Waals surface area (Å²) in [6, 6.07) is 7.87. The minimum atomic E-state index is -1.09. The first-order valence-electron chi connectivity index (χ1n) is 17.4. The second kappa shape index (κ2) is 17.6. The summed E-state index contributed by atoms with van der Waals surface area (Å²) in [5, 5.41) is 12.3. The van der Waals surface area contributed by atoms with Gasteiger partial charge in [-0.05, 0) is 44.1 Å². The Morgan fingerprint density at radius 1 is 1.13 bits per heavy atom. The van der Waals surface area contributed by atoms with Crippen LogP contribution in [-0.2, 0) is 28.7 Å². The van der Waals surface area contributed by atoms with Crippen molar-refractivity contribution in [1.82, 2.24) is 15.1 Å². The Hall–Kier alpha value is -3.50. The molecule has 0 unspecified atom stereocenters. The number of nitrogens with one attached hydrogen (secondary N) is 1. The number of benzene rings is 1. The molecule has 4 rings (SSSR count). The van der Waals surface area contributed by atoms with Crippen LogP contribution >= 0.6 is 0 Å². The highest BCUT2D eigenvalue weighted by Crippen LogP contribution is 2.58. The van der Waals surface area contributed by atoms with Crippen LogP contribution in [0.25, 0.3) is 0 Å². The van der Waals surface area contributed by atoms with Crippen molar-refractivity contribution < 1.29 is 33.8 Å². The first-order chi connectivity index (χ1) is 22.8. The molecule has 3 fully saturated rings. The van der Waals surface area contributed by atoms with Crippen LogP contribution in [0.5, 0.6) is 0 Å². The van der Waals surface area contributed by atoms with Crippen molar-refractivity contribution >= 4 is 23.7 Å². The molecule has 258 valence electrons. The fraction of sp³-hybridized carbons (Fsp3) is 0.622. The van der Waals surface area contributed by atoms with Gasteiger partial charge in [-0.15, -0.1) is 13.2 Å². The van der Waals surface area contributed by atoms with Crippen molar-refractivity contribution in [1.29, 1.82) is 0 Å². The van der Waals surface area contributed by atoms with E-state index in [0.29, 0.717) is 51.7 Å². The van der Waals surface area contributed by atoms with Gasteiger partial charge < -0.3 is 29.7 Å². The number of unbranched alkanes of at least 4 members (excludes halogenated alkanes) is 5. The third-order valence-corrected chi connectivity index (χ3v) is 9.82. The number of hydrogen-bond donors (Lipinski definition) is 2. The number of amides is 3. The van der Waals surface area contributed by atoms with Gasteiger partial charge in [-0.25, -0.2) is 0 Å². The fourth-order valence-electron chi connectivity index (χ4n) is 7.54. The van der Waals surface area contributed by atoms with Crippen molar-refractivity contribution in [2.75, 3.05) is 32.8 Å². The molecule has 1 aromatic carbocycles. The third kappa shape index (κ3) is 8.33. The number of aliphatic hydroxyl groups excluding tert-OH is 1. The van der Waals surface area contributed by atoms with Crippen molar-refractivity contribution in [3.8, 4) is 0 Å². The number of rotatable bonds is 21. The van der Waals surface area contributed by atoms with E-state index in [2.05, 4.69) is 25.4 Å². The van der Waals surface area contributed by atoms with Gasteiger partial charge in [-0.2, -0.15) is 0 Å². The number of nitrogens with zero attached hydrogens (tertiary/aromatic N) is 2. The molecule has 10 heteroatoms. The average molecular weight is 652 g/mol. The normalized spacial score (nSPS) is 24.9. The lowest BCUT2D eigenvalue weighted by Gasteiger charge is -2.37. The number of carbonyl (C=O) groups excluding carboxylic acids is 4. The average Bonchev–Trinajstić information content (AvgIpc) is 3.72. The van der Waals surface area contributed by atoms with E-state index in [1.165, 1.54) is 0 Å². The van der Waals surface area contributed by atoms with Crippen LogP contribution in [0.2, 0.25) is 0 Å². The predicted octanol–water partition coefficient (Wildman–Crippen LogP) is 4.49. The third-order valence-electron chi connectivity index (χ3n) is 9.82. The lowest BCUT2D eigenvalue weighted by molar-refractivity contribution is -0.148. The molecule has 0 saturated carbocycles. The van der Waals surface area contributed by atoms with Crippen molar-refractivity contribution in [3.05, 3.63) is 61.2 Å². The molecule has 3 saturated heterocycles. The minimum Gasteiger partial charge on any atom is -0.463 e. The minimum absolute atomic E-state index is 0.0525. The summed E-state index contributed by atoms with van der Waals surface area (Å²) in [5.41, 5.74) is -0.311. The summed E-state index contributed by atoms with van der Waals surface area (Å²) < 4.78 is 12.2. The van der Waals surface area contributed by atoms with Crippen molar-refractivity contribution in [3.63, 3.8) is 0 Å². The molecule has 1 spiro atoms. The lowest BCUT2D eigenvalue weighted by atomic mass is 9.70. The first-order valence-corrected chi connectivity index (χ1v) is 17.4. The Labute approximate surface area is 279 Å². The Morgan fingerprint density at radius 2 is 1.89 bits per heavy atom. The maximum absolute atomic E-state index is 14.4. The van der Waals surface area contributed by atoms with Crippen LogP contribution in [0.1, 0.15) is 89.2 Å². The largest absolute Gasteiger partial charge is 0.463 e. The number of likely N-dealkylation sites (tertiary alicyclic amines) is 1. The van der Waals surface area contributed by atoms with Gasteiger partial charge in [0.05, 0.1) is 24.0 Å². The zero-order valence-corrected chi connectivity index (χ0v) is 27.9. The molecule has 47 heavy (non-hydrogen) atoms. The van der Waals surface area contributed by atoms with Crippen LogP contribution in [0.4, 0.5) is 0 Å². The van der Waals surface area contributed by atoms with Crippen LogP contribution in [0.3, 0.4) is 0 Å². The second-order valence-corrected chi connectivity index (χ2v) is 13.0. The van der Waals surface area contributed by atoms with Gasteiger partial charge in [0, 0.05) is 32.7 Å². The summed E-state index contributed by atoms with van der Waals surface area (Å²) in [5.74, 6) is -2.66. The molecule has 3 heterocycles. The molecule has 6 atom stereocenters. The number of carbonyl (C=O) groups is 4. The summed E-state index contributed by atoms with van der Waals surface area (Å²) in [6.07, 6.45) is 10.5. The maximum atomic E-state index is 14.4. The molecule has 0 aliphatic carbocycles. The Bertz CT molecular complexity index is 1240. The van der Waals surface area contributed by atoms with E-state index in [1.807, 2.05) is 30.3 Å². The Morgan fingerprint density at radius 3 is 2.60 bits per heavy atom. The quantitative estimate of drug-likeness (QED) is 0.114. The fourth-order valence-corrected chi connectivity index (χ4v) is 7.54. The molecule has 3 aliphatic rings. The molecule has 3 amide bonds. The molecule has 0 aromatic heterocycles. The van der Waals surface area contributed by atoms with Gasteiger partial charge in [0.15, 0.2) is 0 Å². The van der Waals surface area contributed by atoms with Gasteiger partial charge in [0.25, 0.3) is 0 Å². The highest BCUT2D eigenvalue weighted by Gasteiger charge is 2.74. The van der Waals surface area contributed by atoms with Crippen LogP contribution < -0.4 is 5.32 Å². The molecular weight excluding hydrogens is 598 g/mol. The summed E-state index contributed by atoms with van der Waals surface area (Å²) >= 11 is 0. The number of aliphatic hydroxyl groups is 1. The number of ether oxygens (including phenoxy) is 2. The molecule has 3 aliphatic heterocycles. The summed E-state index contributed by atoms with van der Waals surface area (Å²) in [6.45, 7) is 11.0. The molecule has 0 radical (unpaired) electrons. The number of hydrogen-bond acceptors (Lipinski definition) is 7. The van der Waals surface area contributed by atoms with Gasteiger partial charge in [0.2, 0.25) is 17.7 Å². The van der Waals surface area contributed by atoms with Crippen molar-refractivity contribution in [2.45, 2.75) is 101 Å². The number of fused-ring (bicyclic) bond motifs is 1. The van der Waals surface area contributed by atoms with Crippen LogP contribution in [-0.4, -0.2) is 89.2 Å². The SMILES string of the molecule is C=CCCC(=O)OC[C@@H](NC(=O)[C@@H]1[C@H]2C(=O)N(CCCCCCO)[C@H](C(=O)N(CC=C)CCCCC)[C@]23CC[C@H]1O3)c1ccccc1.